The third-order valence-corrected chi connectivity index (χ3v) is 2.95. The van der Waals surface area contributed by atoms with Crippen LogP contribution < -0.4 is 0 Å². The molecule has 0 fully saturated rings. The molecule has 1 aliphatic heterocycles. The molecule has 1 aliphatic rings. The van der Waals surface area contributed by atoms with Gasteiger partial charge in [-0.2, -0.15) is 0 Å². The maximum atomic E-state index is 12.0. The zero-order chi connectivity index (χ0) is 11.1. The van der Waals surface area contributed by atoms with Gasteiger partial charge in [0.2, 0.25) is 0 Å². The molecule has 1 heterocycles. The summed E-state index contributed by atoms with van der Waals surface area (Å²) in [5.74, 6) is 1.03. The molecule has 0 aromatic heterocycles. The number of Topliss-reactive ketones (excluding diaryl/α,β-unsaturated/α-hetero) is 1. The molecule has 1 rings (SSSR count). The summed E-state index contributed by atoms with van der Waals surface area (Å²) < 4.78 is 5.41. The lowest BCUT2D eigenvalue weighted by Gasteiger charge is -2.18. The van der Waals surface area contributed by atoms with Gasteiger partial charge in [0.05, 0.1) is 6.61 Å². The minimum Gasteiger partial charge on any atom is -0.490 e. The number of allylic oxidation sites excluding steroid dienone is 2. The fourth-order valence-corrected chi connectivity index (χ4v) is 1.90. The fraction of sp³-hybridized carbons (Fsp3) is 0.769. The van der Waals surface area contributed by atoms with Crippen LogP contribution in [0.1, 0.15) is 52.4 Å². The molecular weight excluding hydrogens is 188 g/mol. The summed E-state index contributed by atoms with van der Waals surface area (Å²) in [7, 11) is 0. The highest BCUT2D eigenvalue weighted by molar-refractivity contribution is 5.95. The second kappa shape index (κ2) is 6.65. The van der Waals surface area contributed by atoms with E-state index in [1.807, 2.05) is 6.08 Å². The second-order valence-corrected chi connectivity index (χ2v) is 4.17. The first-order chi connectivity index (χ1) is 7.29. The van der Waals surface area contributed by atoms with Gasteiger partial charge in [-0.25, -0.2) is 0 Å². The number of hydrogen-bond acceptors (Lipinski definition) is 2. The van der Waals surface area contributed by atoms with E-state index in [-0.39, 0.29) is 11.7 Å². The molecule has 0 bridgehead atoms. The summed E-state index contributed by atoms with van der Waals surface area (Å²) in [4.78, 5) is 12.0. The van der Waals surface area contributed by atoms with Crippen molar-refractivity contribution in [3.63, 3.8) is 0 Å². The monoisotopic (exact) mass is 210 g/mol. The van der Waals surface area contributed by atoms with E-state index in [9.17, 15) is 4.79 Å². The van der Waals surface area contributed by atoms with Crippen molar-refractivity contribution in [1.29, 1.82) is 0 Å². The van der Waals surface area contributed by atoms with Crippen molar-refractivity contribution in [2.45, 2.75) is 52.4 Å². The first-order valence-electron chi connectivity index (χ1n) is 6.16. The standard InChI is InChI=1S/C13H22O2/c1-3-5-8-11(4-2)13(14)12-9-6-7-10-15-12/h9,11H,3-8,10H2,1-2H3. The number of carbonyl (C=O) groups excluding carboxylic acids is 1. The Bertz CT molecular complexity index is 231. The molecule has 0 saturated carbocycles. The Hall–Kier alpha value is -0.790. The topological polar surface area (TPSA) is 26.3 Å². The fourth-order valence-electron chi connectivity index (χ4n) is 1.90. The lowest BCUT2D eigenvalue weighted by molar-refractivity contribution is -0.123. The molecule has 0 radical (unpaired) electrons. The number of unbranched alkanes of at least 4 members (excludes halogenated alkanes) is 1. The van der Waals surface area contributed by atoms with Gasteiger partial charge in [-0.3, -0.25) is 4.79 Å². The number of ketones is 1. The molecule has 0 aromatic rings. The van der Waals surface area contributed by atoms with E-state index in [0.717, 1.165) is 38.5 Å². The summed E-state index contributed by atoms with van der Waals surface area (Å²) in [6.07, 6.45) is 8.22. The number of hydrogen-bond donors (Lipinski definition) is 0. The molecule has 2 nitrogen and oxygen atoms in total. The van der Waals surface area contributed by atoms with Crippen molar-refractivity contribution in [3.8, 4) is 0 Å². The highest BCUT2D eigenvalue weighted by Crippen LogP contribution is 2.21. The Kier molecular flexibility index (Phi) is 5.44. The van der Waals surface area contributed by atoms with Crippen LogP contribution in [0, 0.1) is 5.92 Å². The van der Waals surface area contributed by atoms with Crippen molar-refractivity contribution < 1.29 is 9.53 Å². The van der Waals surface area contributed by atoms with Crippen LogP contribution in [0.2, 0.25) is 0 Å². The molecule has 0 saturated heterocycles. The van der Waals surface area contributed by atoms with E-state index in [0.29, 0.717) is 12.4 Å². The van der Waals surface area contributed by atoms with Crippen molar-refractivity contribution in [1.82, 2.24) is 0 Å². The van der Waals surface area contributed by atoms with Crippen LogP contribution >= 0.6 is 0 Å². The van der Waals surface area contributed by atoms with Gasteiger partial charge in [-0.15, -0.1) is 0 Å². The summed E-state index contributed by atoms with van der Waals surface area (Å²) in [5, 5.41) is 0. The third kappa shape index (κ3) is 3.69. The van der Waals surface area contributed by atoms with Crippen LogP contribution in [0.25, 0.3) is 0 Å². The van der Waals surface area contributed by atoms with Crippen LogP contribution in [0.5, 0.6) is 0 Å². The van der Waals surface area contributed by atoms with Crippen molar-refractivity contribution >= 4 is 5.78 Å². The SMILES string of the molecule is CCCCC(CC)C(=O)C1=CCCCO1. The lowest BCUT2D eigenvalue weighted by atomic mass is 9.93. The largest absolute Gasteiger partial charge is 0.490 e. The summed E-state index contributed by atoms with van der Waals surface area (Å²) in [6, 6.07) is 0. The van der Waals surface area contributed by atoms with Crippen LogP contribution in [-0.2, 0) is 9.53 Å². The van der Waals surface area contributed by atoms with Gasteiger partial charge in [0.1, 0.15) is 0 Å². The first-order valence-corrected chi connectivity index (χ1v) is 6.16. The van der Waals surface area contributed by atoms with Gasteiger partial charge < -0.3 is 4.74 Å². The van der Waals surface area contributed by atoms with Crippen LogP contribution in [0.3, 0.4) is 0 Å². The normalized spacial score (nSPS) is 17.9. The van der Waals surface area contributed by atoms with E-state index >= 15 is 0 Å². The van der Waals surface area contributed by atoms with Crippen LogP contribution in [0.15, 0.2) is 11.8 Å². The Labute approximate surface area is 92.7 Å². The molecule has 86 valence electrons. The zero-order valence-corrected chi connectivity index (χ0v) is 9.92. The Morgan fingerprint density at radius 1 is 1.53 bits per heavy atom. The summed E-state index contributed by atoms with van der Waals surface area (Å²) >= 11 is 0. The molecule has 0 amide bonds. The summed E-state index contributed by atoms with van der Waals surface area (Å²) in [5.41, 5.74) is 0. The van der Waals surface area contributed by atoms with Gasteiger partial charge in [0.15, 0.2) is 11.5 Å². The Morgan fingerprint density at radius 2 is 2.33 bits per heavy atom. The van der Waals surface area contributed by atoms with E-state index in [2.05, 4.69) is 13.8 Å². The van der Waals surface area contributed by atoms with Gasteiger partial charge in [-0.1, -0.05) is 26.7 Å². The minimum absolute atomic E-state index is 0.175. The maximum Gasteiger partial charge on any atom is 0.200 e. The molecule has 0 aromatic carbocycles. The van der Waals surface area contributed by atoms with Crippen molar-refractivity contribution in [2.75, 3.05) is 6.61 Å². The molecular formula is C13H22O2. The molecule has 0 spiro atoms. The summed E-state index contributed by atoms with van der Waals surface area (Å²) in [6.45, 7) is 4.96. The van der Waals surface area contributed by atoms with E-state index in [1.165, 1.54) is 0 Å². The van der Waals surface area contributed by atoms with Crippen LogP contribution in [-0.4, -0.2) is 12.4 Å². The lowest BCUT2D eigenvalue weighted by Crippen LogP contribution is -2.19. The molecule has 0 aliphatic carbocycles. The highest BCUT2D eigenvalue weighted by Gasteiger charge is 2.22. The van der Waals surface area contributed by atoms with Crippen LogP contribution in [0.4, 0.5) is 0 Å². The van der Waals surface area contributed by atoms with E-state index in [4.69, 9.17) is 4.74 Å². The number of carbonyl (C=O) groups is 1. The van der Waals surface area contributed by atoms with E-state index < -0.39 is 0 Å². The molecule has 1 unspecified atom stereocenters. The Morgan fingerprint density at radius 3 is 2.87 bits per heavy atom. The second-order valence-electron chi connectivity index (χ2n) is 4.17. The predicted molar refractivity (Wildman–Crippen MR) is 61.6 cm³/mol. The van der Waals surface area contributed by atoms with Gasteiger partial charge >= 0.3 is 0 Å². The van der Waals surface area contributed by atoms with Gasteiger partial charge in [0, 0.05) is 5.92 Å². The smallest absolute Gasteiger partial charge is 0.200 e. The quantitative estimate of drug-likeness (QED) is 0.671. The minimum atomic E-state index is 0.175. The first kappa shape index (κ1) is 12.3. The van der Waals surface area contributed by atoms with Crippen molar-refractivity contribution in [2.24, 2.45) is 5.92 Å². The number of rotatable bonds is 6. The predicted octanol–water partition coefficient (Wildman–Crippen LogP) is 3.47. The third-order valence-electron chi connectivity index (χ3n) is 2.95. The maximum absolute atomic E-state index is 12.0. The average molecular weight is 210 g/mol. The molecule has 2 heteroatoms. The van der Waals surface area contributed by atoms with Gasteiger partial charge in [0.25, 0.3) is 0 Å². The molecule has 1 atom stereocenters. The van der Waals surface area contributed by atoms with Gasteiger partial charge in [-0.05, 0) is 31.8 Å². The zero-order valence-electron chi connectivity index (χ0n) is 9.92. The van der Waals surface area contributed by atoms with E-state index in [1.54, 1.807) is 0 Å². The average Bonchev–Trinajstić information content (AvgIpc) is 2.31. The molecule has 0 N–H and O–H groups in total. The number of ether oxygens (including phenoxy) is 1. The highest BCUT2D eigenvalue weighted by atomic mass is 16.5. The molecule has 15 heavy (non-hydrogen) atoms. The Balaban J connectivity index is 2.51. The van der Waals surface area contributed by atoms with Crippen molar-refractivity contribution in [3.05, 3.63) is 11.8 Å².